The fourth-order valence-corrected chi connectivity index (χ4v) is 1.14. The van der Waals surface area contributed by atoms with E-state index in [-0.39, 0.29) is 24.8 Å². The van der Waals surface area contributed by atoms with E-state index in [1.807, 2.05) is 6.92 Å². The first-order valence-electron chi connectivity index (χ1n) is 8.37. The Kier molecular flexibility index (Phi) is 23.8. The summed E-state index contributed by atoms with van der Waals surface area (Å²) < 4.78 is 18.2. The number of unbranched alkanes of at least 4 members (excludes halogenated alkanes) is 1. The number of oxazole rings is 2. The SMILES string of the molecule is CCOC(=O)Cl.CCOC(=O)c1nc(C)co1.Cc1cocn1.[CH2-]CCC.[Li+]. The second-order valence-corrected chi connectivity index (χ2v) is 4.98. The molecule has 0 spiro atoms. The molecule has 2 aromatic heterocycles. The predicted octanol–water partition coefficient (Wildman–Crippen LogP) is 2.15. The second kappa shape index (κ2) is 21.5. The van der Waals surface area contributed by atoms with E-state index in [2.05, 4.69) is 37.7 Å². The zero-order valence-corrected chi connectivity index (χ0v) is 18.2. The topological polar surface area (TPSA) is 105 Å². The van der Waals surface area contributed by atoms with Crippen molar-refractivity contribution in [1.82, 2.24) is 9.97 Å². The Balaban J connectivity index is -0.000000318. The summed E-state index contributed by atoms with van der Waals surface area (Å²) in [5.41, 5.74) is 0.862. The average Bonchev–Trinajstić information content (AvgIpc) is 3.27. The van der Waals surface area contributed by atoms with Crippen molar-refractivity contribution in [3.63, 3.8) is 0 Å². The Morgan fingerprint density at radius 2 is 1.68 bits per heavy atom. The molecule has 0 saturated heterocycles. The van der Waals surface area contributed by atoms with Crippen LogP contribution in [-0.2, 0) is 9.47 Å². The van der Waals surface area contributed by atoms with Gasteiger partial charge in [-0.2, -0.15) is 6.42 Å². The maximum absolute atomic E-state index is 10.9. The average molecular weight is 411 g/mol. The molecule has 0 radical (unpaired) electrons. The van der Waals surface area contributed by atoms with E-state index in [1.165, 1.54) is 19.1 Å². The zero-order chi connectivity index (χ0) is 21.1. The molecule has 8 nitrogen and oxygen atoms in total. The number of hydrogen-bond acceptors (Lipinski definition) is 8. The summed E-state index contributed by atoms with van der Waals surface area (Å²) in [6.45, 7) is 13.5. The van der Waals surface area contributed by atoms with Crippen LogP contribution in [0.15, 0.2) is 27.8 Å². The third-order valence-electron chi connectivity index (χ3n) is 2.24. The number of carbonyl (C=O) groups excluding carboxylic acids is 2. The van der Waals surface area contributed by atoms with Gasteiger partial charge >= 0.3 is 36.1 Å². The Labute approximate surface area is 183 Å². The molecule has 2 rings (SSSR count). The van der Waals surface area contributed by atoms with Crippen LogP contribution in [0.25, 0.3) is 0 Å². The van der Waals surface area contributed by atoms with Crippen LogP contribution >= 0.6 is 11.6 Å². The molecule has 28 heavy (non-hydrogen) atoms. The third kappa shape index (κ3) is 20.6. The van der Waals surface area contributed by atoms with Crippen molar-refractivity contribution in [2.75, 3.05) is 13.2 Å². The van der Waals surface area contributed by atoms with Crippen LogP contribution < -0.4 is 18.9 Å². The first kappa shape index (κ1) is 31.0. The van der Waals surface area contributed by atoms with Gasteiger partial charge in [-0.3, -0.25) is 0 Å². The number of carbonyl (C=O) groups is 2. The molecule has 0 aliphatic carbocycles. The van der Waals surface area contributed by atoms with Gasteiger partial charge in [0.25, 0.3) is 0 Å². The molecule has 0 N–H and O–H groups in total. The van der Waals surface area contributed by atoms with Gasteiger partial charge in [-0.25, -0.2) is 19.6 Å². The molecular formula is C18H28ClLiN2O6. The van der Waals surface area contributed by atoms with Crippen molar-refractivity contribution in [3.05, 3.63) is 43.1 Å². The van der Waals surface area contributed by atoms with E-state index in [4.69, 9.17) is 16.0 Å². The summed E-state index contributed by atoms with van der Waals surface area (Å²) >= 11 is 4.72. The van der Waals surface area contributed by atoms with Gasteiger partial charge in [-0.05, 0) is 27.7 Å². The molecule has 0 amide bonds. The van der Waals surface area contributed by atoms with Crippen molar-refractivity contribution >= 4 is 23.0 Å². The Morgan fingerprint density at radius 3 is 1.89 bits per heavy atom. The van der Waals surface area contributed by atoms with Gasteiger partial charge in [-0.1, -0.05) is 13.3 Å². The molecule has 0 atom stereocenters. The van der Waals surface area contributed by atoms with Crippen molar-refractivity contribution in [3.8, 4) is 0 Å². The molecule has 0 unspecified atom stereocenters. The van der Waals surface area contributed by atoms with E-state index in [0.717, 1.165) is 12.1 Å². The summed E-state index contributed by atoms with van der Waals surface area (Å²) in [4.78, 5) is 28.0. The van der Waals surface area contributed by atoms with Gasteiger partial charge in [0.05, 0.1) is 24.6 Å². The summed E-state index contributed by atoms with van der Waals surface area (Å²) in [6.07, 6.45) is 6.70. The molecule has 0 aliphatic heterocycles. The van der Waals surface area contributed by atoms with Crippen LogP contribution in [0.3, 0.4) is 0 Å². The molecule has 2 aromatic rings. The number of ether oxygens (including phenoxy) is 2. The van der Waals surface area contributed by atoms with Crippen LogP contribution in [0.1, 0.15) is 55.7 Å². The van der Waals surface area contributed by atoms with Gasteiger partial charge in [-0.15, -0.1) is 0 Å². The number of esters is 1. The van der Waals surface area contributed by atoms with Crippen LogP contribution in [0.4, 0.5) is 4.79 Å². The minimum atomic E-state index is -0.738. The van der Waals surface area contributed by atoms with Gasteiger partial charge in [0.2, 0.25) is 0 Å². The molecule has 0 fully saturated rings. The fraction of sp³-hybridized carbons (Fsp3) is 0.500. The molecule has 0 bridgehead atoms. The molecule has 10 heteroatoms. The third-order valence-corrected chi connectivity index (χ3v) is 2.35. The van der Waals surface area contributed by atoms with E-state index in [0.29, 0.717) is 18.9 Å². The Morgan fingerprint density at radius 1 is 1.11 bits per heavy atom. The number of rotatable bonds is 4. The van der Waals surface area contributed by atoms with Gasteiger partial charge in [0.15, 0.2) is 6.39 Å². The van der Waals surface area contributed by atoms with Crippen molar-refractivity contribution in [2.24, 2.45) is 0 Å². The second-order valence-electron chi connectivity index (χ2n) is 4.67. The van der Waals surface area contributed by atoms with Crippen LogP contribution in [-0.4, -0.2) is 34.6 Å². The first-order valence-corrected chi connectivity index (χ1v) is 8.75. The first-order chi connectivity index (χ1) is 12.8. The Hall–Kier alpha value is -1.75. The molecule has 154 valence electrons. The van der Waals surface area contributed by atoms with E-state index in [1.54, 1.807) is 27.0 Å². The number of hydrogen-bond donors (Lipinski definition) is 0. The smallest absolute Gasteiger partial charge is 0.459 e. The van der Waals surface area contributed by atoms with E-state index < -0.39 is 11.4 Å². The van der Waals surface area contributed by atoms with E-state index >= 15 is 0 Å². The standard InChI is InChI=1S/C7H9NO3.C4H5NO.C4H9.C3H5ClO2.Li/c1-3-10-7(9)6-8-5(2)4-11-6;1-4-2-6-3-5-4;1-3-4-2;1-2-6-3(4)5;/h4H,3H2,1-2H3;2-3H,1H3;1,3-4H2,2H3;2H2,1H3;/q;;-1;;+1. The molecule has 0 saturated carbocycles. The maximum Gasteiger partial charge on any atom is 1.00 e. The minimum absolute atomic E-state index is 0. The largest absolute Gasteiger partial charge is 1.00 e. The summed E-state index contributed by atoms with van der Waals surface area (Å²) in [6, 6.07) is 0. The number of aromatic nitrogens is 2. The predicted molar refractivity (Wildman–Crippen MR) is 102 cm³/mol. The Bertz CT molecular complexity index is 603. The van der Waals surface area contributed by atoms with Crippen molar-refractivity contribution < 1.29 is 46.8 Å². The van der Waals surface area contributed by atoms with Gasteiger partial charge < -0.3 is 25.2 Å². The minimum Gasteiger partial charge on any atom is -0.459 e. The number of halogens is 1. The molecular weight excluding hydrogens is 383 g/mol. The van der Waals surface area contributed by atoms with Crippen LogP contribution in [0.5, 0.6) is 0 Å². The van der Waals surface area contributed by atoms with Crippen LogP contribution in [0, 0.1) is 20.8 Å². The fourth-order valence-electron chi connectivity index (χ4n) is 1.03. The van der Waals surface area contributed by atoms with Gasteiger partial charge in [0.1, 0.15) is 12.5 Å². The van der Waals surface area contributed by atoms with Crippen molar-refractivity contribution in [1.29, 1.82) is 0 Å². The summed E-state index contributed by atoms with van der Waals surface area (Å²) in [5.74, 6) is -0.495. The van der Waals surface area contributed by atoms with E-state index in [9.17, 15) is 9.59 Å². The normalized spacial score (nSPS) is 8.39. The molecule has 0 aliphatic rings. The summed E-state index contributed by atoms with van der Waals surface area (Å²) in [5, 5.41) is 0. The quantitative estimate of drug-likeness (QED) is 0.327. The number of nitrogens with zero attached hydrogens (tertiary/aromatic N) is 2. The molecule has 2 heterocycles. The maximum atomic E-state index is 10.9. The monoisotopic (exact) mass is 410 g/mol. The van der Waals surface area contributed by atoms with Gasteiger partial charge in [0, 0.05) is 11.6 Å². The van der Waals surface area contributed by atoms with Crippen LogP contribution in [0.2, 0.25) is 0 Å². The van der Waals surface area contributed by atoms with Crippen molar-refractivity contribution in [2.45, 2.75) is 47.5 Å². The zero-order valence-electron chi connectivity index (χ0n) is 17.5. The number of aryl methyl sites for hydroxylation is 2. The molecule has 0 aromatic carbocycles. The summed E-state index contributed by atoms with van der Waals surface area (Å²) in [7, 11) is 0.